The minimum Gasteiger partial charge on any atom is -0.322 e. The van der Waals surface area contributed by atoms with E-state index in [1.54, 1.807) is 24.4 Å². The molecule has 21 heavy (non-hydrogen) atoms. The molecule has 0 fully saturated rings. The highest BCUT2D eigenvalue weighted by atomic mass is 35.5. The maximum absolute atomic E-state index is 12.3. The Morgan fingerprint density at radius 3 is 2.76 bits per heavy atom. The van der Waals surface area contributed by atoms with Crippen LogP contribution in [0, 0.1) is 13.8 Å². The number of pyridine rings is 1. The van der Waals surface area contributed by atoms with Gasteiger partial charge in [-0.25, -0.2) is 4.98 Å². The van der Waals surface area contributed by atoms with Crippen LogP contribution in [0.1, 0.15) is 21.6 Å². The van der Waals surface area contributed by atoms with Crippen molar-refractivity contribution in [2.24, 2.45) is 0 Å². The lowest BCUT2D eigenvalue weighted by atomic mass is 10.2. The second-order valence-electron chi connectivity index (χ2n) is 4.98. The van der Waals surface area contributed by atoms with Crippen LogP contribution in [-0.4, -0.2) is 15.3 Å². The number of nitrogens with one attached hydrogen (secondary N) is 1. The van der Waals surface area contributed by atoms with Crippen molar-refractivity contribution in [3.05, 3.63) is 64.6 Å². The first kappa shape index (κ1) is 13.6. The monoisotopic (exact) mass is 299 g/mol. The first-order chi connectivity index (χ1) is 10.0. The van der Waals surface area contributed by atoms with Gasteiger partial charge in [0, 0.05) is 23.1 Å². The number of nitrogens with zero attached hydrogens (tertiary/aromatic N) is 2. The van der Waals surface area contributed by atoms with Gasteiger partial charge in [-0.3, -0.25) is 4.79 Å². The third-order valence-electron chi connectivity index (χ3n) is 3.27. The maximum atomic E-state index is 12.3. The van der Waals surface area contributed by atoms with Crippen molar-refractivity contribution in [1.29, 1.82) is 0 Å². The van der Waals surface area contributed by atoms with E-state index in [4.69, 9.17) is 11.6 Å². The van der Waals surface area contributed by atoms with E-state index in [1.807, 2.05) is 36.6 Å². The molecular formula is C16H14ClN3O. The first-order valence-corrected chi connectivity index (χ1v) is 6.93. The zero-order valence-electron chi connectivity index (χ0n) is 11.7. The van der Waals surface area contributed by atoms with Gasteiger partial charge >= 0.3 is 0 Å². The summed E-state index contributed by atoms with van der Waals surface area (Å²) in [7, 11) is 0. The van der Waals surface area contributed by atoms with Crippen molar-refractivity contribution >= 4 is 28.8 Å². The molecule has 4 nitrogen and oxygen atoms in total. The Morgan fingerprint density at radius 1 is 1.19 bits per heavy atom. The topological polar surface area (TPSA) is 46.4 Å². The van der Waals surface area contributed by atoms with Crippen molar-refractivity contribution < 1.29 is 4.79 Å². The van der Waals surface area contributed by atoms with Crippen molar-refractivity contribution in [3.8, 4) is 0 Å². The lowest BCUT2D eigenvalue weighted by molar-refractivity contribution is 0.102. The number of carbonyl (C=O) groups excluding carboxylic acids is 1. The maximum Gasteiger partial charge on any atom is 0.257 e. The fraction of sp³-hybridized carbons (Fsp3) is 0.125. The number of amides is 1. The number of rotatable bonds is 2. The van der Waals surface area contributed by atoms with Gasteiger partial charge in [0.05, 0.1) is 11.3 Å². The molecule has 1 amide bonds. The SMILES string of the molecule is Cc1cn2cc(C(=O)Nc3ccc(Cl)cc3C)ccc2n1. The van der Waals surface area contributed by atoms with Crippen LogP contribution in [0.5, 0.6) is 0 Å². The van der Waals surface area contributed by atoms with Gasteiger partial charge in [0.25, 0.3) is 5.91 Å². The summed E-state index contributed by atoms with van der Waals surface area (Å²) >= 11 is 5.92. The Bertz CT molecular complexity index is 839. The molecule has 0 spiro atoms. The largest absolute Gasteiger partial charge is 0.322 e. The number of imidazole rings is 1. The number of fused-ring (bicyclic) bond motifs is 1. The summed E-state index contributed by atoms with van der Waals surface area (Å²) < 4.78 is 1.85. The second-order valence-corrected chi connectivity index (χ2v) is 5.42. The Morgan fingerprint density at radius 2 is 2.00 bits per heavy atom. The fourth-order valence-electron chi connectivity index (χ4n) is 2.21. The van der Waals surface area contributed by atoms with E-state index < -0.39 is 0 Å². The van der Waals surface area contributed by atoms with Crippen LogP contribution in [0.3, 0.4) is 0 Å². The van der Waals surface area contributed by atoms with Crippen LogP contribution >= 0.6 is 11.6 Å². The van der Waals surface area contributed by atoms with Crippen LogP contribution in [0.4, 0.5) is 5.69 Å². The molecule has 2 heterocycles. The van der Waals surface area contributed by atoms with Crippen LogP contribution in [0.25, 0.3) is 5.65 Å². The summed E-state index contributed by atoms with van der Waals surface area (Å²) in [4.78, 5) is 16.7. The molecule has 0 atom stereocenters. The van der Waals surface area contributed by atoms with E-state index in [2.05, 4.69) is 10.3 Å². The van der Waals surface area contributed by atoms with Gasteiger partial charge in [-0.1, -0.05) is 11.6 Å². The normalized spacial score (nSPS) is 10.8. The van der Waals surface area contributed by atoms with Crippen molar-refractivity contribution in [2.75, 3.05) is 5.32 Å². The molecule has 5 heteroatoms. The number of halogens is 1. The van der Waals surface area contributed by atoms with Crippen LogP contribution < -0.4 is 5.32 Å². The molecule has 2 aromatic heterocycles. The zero-order valence-corrected chi connectivity index (χ0v) is 12.5. The molecule has 0 unspecified atom stereocenters. The Kier molecular flexibility index (Phi) is 3.39. The number of aryl methyl sites for hydroxylation is 2. The highest BCUT2D eigenvalue weighted by Crippen LogP contribution is 2.20. The molecule has 0 saturated heterocycles. The summed E-state index contributed by atoms with van der Waals surface area (Å²) in [5, 5.41) is 3.55. The van der Waals surface area contributed by atoms with E-state index in [1.165, 1.54) is 0 Å². The van der Waals surface area contributed by atoms with Crippen LogP contribution in [0.2, 0.25) is 5.02 Å². The lowest BCUT2D eigenvalue weighted by Crippen LogP contribution is -2.13. The average Bonchev–Trinajstić information content (AvgIpc) is 2.80. The average molecular weight is 300 g/mol. The summed E-state index contributed by atoms with van der Waals surface area (Å²) in [6.45, 7) is 3.83. The number of hydrogen-bond donors (Lipinski definition) is 1. The minimum absolute atomic E-state index is 0.159. The molecule has 3 aromatic rings. The molecule has 0 bridgehead atoms. The highest BCUT2D eigenvalue weighted by molar-refractivity contribution is 6.30. The number of aromatic nitrogens is 2. The van der Waals surface area contributed by atoms with Crippen molar-refractivity contribution in [2.45, 2.75) is 13.8 Å². The second kappa shape index (κ2) is 5.22. The number of benzene rings is 1. The minimum atomic E-state index is -0.159. The Labute approximate surface area is 127 Å². The molecule has 0 aliphatic heterocycles. The number of hydrogen-bond acceptors (Lipinski definition) is 2. The fourth-order valence-corrected chi connectivity index (χ4v) is 2.44. The standard InChI is InChI=1S/C16H14ClN3O/c1-10-7-13(17)4-5-14(10)19-16(21)12-3-6-15-18-11(2)8-20(15)9-12/h3-9H,1-2H3,(H,19,21). The summed E-state index contributed by atoms with van der Waals surface area (Å²) in [6, 6.07) is 8.97. The summed E-state index contributed by atoms with van der Waals surface area (Å²) in [5.74, 6) is -0.159. The van der Waals surface area contributed by atoms with Gasteiger partial charge in [0.15, 0.2) is 0 Å². The Balaban J connectivity index is 1.89. The molecule has 0 aliphatic rings. The van der Waals surface area contributed by atoms with E-state index >= 15 is 0 Å². The zero-order chi connectivity index (χ0) is 15.0. The van der Waals surface area contributed by atoms with Gasteiger partial charge in [0.2, 0.25) is 0 Å². The molecule has 1 N–H and O–H groups in total. The van der Waals surface area contributed by atoms with Crippen LogP contribution in [0.15, 0.2) is 42.7 Å². The molecule has 1 aromatic carbocycles. The predicted octanol–water partition coefficient (Wildman–Crippen LogP) is 3.86. The molecule has 0 saturated carbocycles. The molecular weight excluding hydrogens is 286 g/mol. The third kappa shape index (κ3) is 2.76. The first-order valence-electron chi connectivity index (χ1n) is 6.56. The van der Waals surface area contributed by atoms with E-state index in [0.29, 0.717) is 10.6 Å². The summed E-state index contributed by atoms with van der Waals surface area (Å²) in [5.41, 5.74) is 4.00. The third-order valence-corrected chi connectivity index (χ3v) is 3.51. The molecule has 106 valence electrons. The summed E-state index contributed by atoms with van der Waals surface area (Å²) in [6.07, 6.45) is 3.66. The smallest absolute Gasteiger partial charge is 0.257 e. The van der Waals surface area contributed by atoms with Gasteiger partial charge in [-0.2, -0.15) is 0 Å². The quantitative estimate of drug-likeness (QED) is 0.781. The molecule has 0 radical (unpaired) electrons. The Hall–Kier alpha value is -2.33. The van der Waals surface area contributed by atoms with E-state index in [0.717, 1.165) is 22.6 Å². The van der Waals surface area contributed by atoms with Gasteiger partial charge in [-0.15, -0.1) is 0 Å². The molecule has 0 aliphatic carbocycles. The van der Waals surface area contributed by atoms with Gasteiger partial charge in [-0.05, 0) is 49.7 Å². The lowest BCUT2D eigenvalue weighted by Gasteiger charge is -2.09. The van der Waals surface area contributed by atoms with Crippen molar-refractivity contribution in [3.63, 3.8) is 0 Å². The van der Waals surface area contributed by atoms with E-state index in [9.17, 15) is 4.79 Å². The number of carbonyl (C=O) groups is 1. The van der Waals surface area contributed by atoms with E-state index in [-0.39, 0.29) is 5.91 Å². The van der Waals surface area contributed by atoms with Gasteiger partial charge < -0.3 is 9.72 Å². The number of anilines is 1. The van der Waals surface area contributed by atoms with Crippen LogP contribution in [-0.2, 0) is 0 Å². The van der Waals surface area contributed by atoms with Gasteiger partial charge in [0.1, 0.15) is 5.65 Å². The highest BCUT2D eigenvalue weighted by Gasteiger charge is 2.09. The van der Waals surface area contributed by atoms with Crippen molar-refractivity contribution in [1.82, 2.24) is 9.38 Å². The molecule has 3 rings (SSSR count). The predicted molar refractivity (Wildman–Crippen MR) is 84.1 cm³/mol.